The first-order valence-corrected chi connectivity index (χ1v) is 9.88. The van der Waals surface area contributed by atoms with E-state index in [9.17, 15) is 29.3 Å². The van der Waals surface area contributed by atoms with Crippen LogP contribution in [-0.2, 0) is 11.8 Å². The van der Waals surface area contributed by atoms with Gasteiger partial charge < -0.3 is 5.32 Å². The van der Waals surface area contributed by atoms with E-state index in [-0.39, 0.29) is 40.0 Å². The number of rotatable bonds is 6. The Hall–Kier alpha value is -3.51. The van der Waals surface area contributed by atoms with Gasteiger partial charge in [-0.3, -0.25) is 34.2 Å². The Labute approximate surface area is 183 Å². The third-order valence-electron chi connectivity index (χ3n) is 4.15. The van der Waals surface area contributed by atoms with Gasteiger partial charge in [-0.1, -0.05) is 17.7 Å². The maximum Gasteiger partial charge on any atom is 0.293 e. The second-order valence-corrected chi connectivity index (χ2v) is 7.64. The molecule has 0 aliphatic carbocycles. The molecule has 0 saturated carbocycles. The van der Waals surface area contributed by atoms with E-state index in [1.807, 2.05) is 0 Å². The number of thioether (sulfide) groups is 1. The SMILES string of the molecule is Cn1nc(C(=O)NCCN2C(=O)S/C(=C\c3ccc(Cl)c([N+](=O)[O-])c3)C2=O)ccc1=O. The van der Waals surface area contributed by atoms with Crippen molar-refractivity contribution in [3.05, 3.63) is 72.0 Å². The molecule has 11 nitrogen and oxygen atoms in total. The van der Waals surface area contributed by atoms with Crippen LogP contribution in [0.15, 0.2) is 40.0 Å². The number of hydrogen-bond acceptors (Lipinski definition) is 8. The Morgan fingerprint density at radius 2 is 2.03 bits per heavy atom. The summed E-state index contributed by atoms with van der Waals surface area (Å²) in [5.41, 5.74) is -0.326. The average molecular weight is 464 g/mol. The number of hydrogen-bond donors (Lipinski definition) is 1. The predicted molar refractivity (Wildman–Crippen MR) is 113 cm³/mol. The second-order valence-electron chi connectivity index (χ2n) is 6.24. The molecule has 13 heteroatoms. The Bertz CT molecular complexity index is 1190. The van der Waals surface area contributed by atoms with Crippen molar-refractivity contribution in [2.75, 3.05) is 13.1 Å². The van der Waals surface area contributed by atoms with Gasteiger partial charge in [-0.05, 0) is 35.5 Å². The Balaban J connectivity index is 1.65. The topological polar surface area (TPSA) is 145 Å². The van der Waals surface area contributed by atoms with Crippen molar-refractivity contribution < 1.29 is 19.3 Å². The van der Waals surface area contributed by atoms with Crippen molar-refractivity contribution in [1.82, 2.24) is 20.0 Å². The van der Waals surface area contributed by atoms with Crippen molar-refractivity contribution in [3.63, 3.8) is 0 Å². The highest BCUT2D eigenvalue weighted by Gasteiger charge is 2.34. The predicted octanol–water partition coefficient (Wildman–Crippen LogP) is 1.81. The molecule has 31 heavy (non-hydrogen) atoms. The summed E-state index contributed by atoms with van der Waals surface area (Å²) in [5, 5.41) is 16.8. The van der Waals surface area contributed by atoms with Crippen molar-refractivity contribution in [2.45, 2.75) is 0 Å². The smallest absolute Gasteiger partial charge is 0.293 e. The lowest BCUT2D eigenvalue weighted by molar-refractivity contribution is -0.384. The molecule has 1 aromatic carbocycles. The quantitative estimate of drug-likeness (QED) is 0.388. The maximum atomic E-state index is 12.5. The molecule has 2 aromatic rings. The second kappa shape index (κ2) is 9.10. The summed E-state index contributed by atoms with van der Waals surface area (Å²) in [6, 6.07) is 6.50. The number of aromatic nitrogens is 2. The lowest BCUT2D eigenvalue weighted by atomic mass is 10.2. The van der Waals surface area contributed by atoms with Gasteiger partial charge >= 0.3 is 0 Å². The summed E-state index contributed by atoms with van der Waals surface area (Å²) < 4.78 is 1.01. The van der Waals surface area contributed by atoms with E-state index in [2.05, 4.69) is 10.4 Å². The summed E-state index contributed by atoms with van der Waals surface area (Å²) in [6.07, 6.45) is 1.36. The van der Waals surface area contributed by atoms with Crippen molar-refractivity contribution in [1.29, 1.82) is 0 Å². The zero-order valence-corrected chi connectivity index (χ0v) is 17.5. The molecule has 160 valence electrons. The number of amides is 3. The molecular weight excluding hydrogens is 450 g/mol. The minimum Gasteiger partial charge on any atom is -0.349 e. The van der Waals surface area contributed by atoms with E-state index < -0.39 is 22.0 Å². The number of halogens is 1. The van der Waals surface area contributed by atoms with Crippen LogP contribution in [-0.4, -0.2) is 49.7 Å². The van der Waals surface area contributed by atoms with Crippen LogP contribution < -0.4 is 10.9 Å². The van der Waals surface area contributed by atoms with Crippen LogP contribution in [0.1, 0.15) is 16.1 Å². The van der Waals surface area contributed by atoms with E-state index in [0.29, 0.717) is 17.3 Å². The fraction of sp³-hybridized carbons (Fsp3) is 0.167. The van der Waals surface area contributed by atoms with Crippen molar-refractivity contribution in [3.8, 4) is 0 Å². The Morgan fingerprint density at radius 3 is 2.71 bits per heavy atom. The first kappa shape index (κ1) is 22.2. The molecule has 0 atom stereocenters. The van der Waals surface area contributed by atoms with Crippen LogP contribution >= 0.6 is 23.4 Å². The summed E-state index contributed by atoms with van der Waals surface area (Å²) in [7, 11) is 1.40. The molecule has 1 N–H and O–H groups in total. The summed E-state index contributed by atoms with van der Waals surface area (Å²) in [4.78, 5) is 59.5. The van der Waals surface area contributed by atoms with Crippen molar-refractivity contribution >= 4 is 52.2 Å². The third kappa shape index (κ3) is 4.98. The van der Waals surface area contributed by atoms with E-state index >= 15 is 0 Å². The van der Waals surface area contributed by atoms with Gasteiger partial charge in [0.1, 0.15) is 10.7 Å². The minimum absolute atomic E-state index is 0.0143. The maximum absolute atomic E-state index is 12.5. The van der Waals surface area contributed by atoms with Gasteiger partial charge in [-0.2, -0.15) is 5.10 Å². The number of nitro groups is 1. The summed E-state index contributed by atoms with van der Waals surface area (Å²) in [6.45, 7) is -0.110. The molecule has 0 spiro atoms. The van der Waals surface area contributed by atoms with E-state index in [4.69, 9.17) is 11.6 Å². The molecule has 1 aromatic heterocycles. The first-order chi connectivity index (χ1) is 14.7. The lowest BCUT2D eigenvalue weighted by Gasteiger charge is -2.12. The minimum atomic E-state index is -0.645. The third-order valence-corrected chi connectivity index (χ3v) is 5.38. The van der Waals surface area contributed by atoms with Crippen LogP contribution in [0.2, 0.25) is 5.02 Å². The standard InChI is InChI=1S/C18H14ClN5O6S/c1-22-15(25)5-4-12(21-22)16(26)20-6-7-23-17(27)14(31-18(23)28)9-10-2-3-11(19)13(8-10)24(29)30/h2-5,8-9H,6-7H2,1H3,(H,20,26)/b14-9-. The number of nitrogens with zero attached hydrogens (tertiary/aromatic N) is 4. The highest BCUT2D eigenvalue weighted by Crippen LogP contribution is 2.33. The van der Waals surface area contributed by atoms with Gasteiger partial charge in [-0.15, -0.1) is 0 Å². The molecule has 1 aliphatic heterocycles. The molecule has 1 fully saturated rings. The highest BCUT2D eigenvalue weighted by atomic mass is 35.5. The Kier molecular flexibility index (Phi) is 6.51. The van der Waals surface area contributed by atoms with Crippen molar-refractivity contribution in [2.24, 2.45) is 7.05 Å². The Morgan fingerprint density at radius 1 is 1.29 bits per heavy atom. The monoisotopic (exact) mass is 463 g/mol. The molecular formula is C18H14ClN5O6S. The first-order valence-electron chi connectivity index (χ1n) is 8.69. The molecule has 0 bridgehead atoms. The van der Waals surface area contributed by atoms with Crippen LogP contribution in [0.4, 0.5) is 10.5 Å². The zero-order valence-electron chi connectivity index (χ0n) is 15.9. The molecule has 3 amide bonds. The van der Waals surface area contributed by atoms with Gasteiger partial charge in [0.15, 0.2) is 0 Å². The normalized spacial score (nSPS) is 14.9. The number of carbonyl (C=O) groups excluding carboxylic acids is 3. The fourth-order valence-electron chi connectivity index (χ4n) is 2.60. The van der Waals surface area contributed by atoms with Gasteiger partial charge in [0.05, 0.1) is 9.83 Å². The fourth-order valence-corrected chi connectivity index (χ4v) is 3.65. The van der Waals surface area contributed by atoms with E-state index in [1.165, 1.54) is 43.5 Å². The van der Waals surface area contributed by atoms with Gasteiger partial charge in [0, 0.05) is 32.3 Å². The zero-order chi connectivity index (χ0) is 22.7. The highest BCUT2D eigenvalue weighted by molar-refractivity contribution is 8.18. The summed E-state index contributed by atoms with van der Waals surface area (Å²) in [5.74, 6) is -1.14. The molecule has 1 saturated heterocycles. The molecule has 0 radical (unpaired) electrons. The number of imide groups is 1. The van der Waals surface area contributed by atoms with Crippen LogP contribution in [0.5, 0.6) is 0 Å². The number of nitro benzene ring substituents is 1. The van der Waals surface area contributed by atoms with Gasteiger partial charge in [-0.25, -0.2) is 4.68 Å². The van der Waals surface area contributed by atoms with Crippen LogP contribution in [0, 0.1) is 10.1 Å². The van der Waals surface area contributed by atoms with Gasteiger partial charge in [0.25, 0.3) is 28.3 Å². The number of aryl methyl sites for hydroxylation is 1. The number of carbonyl (C=O) groups is 3. The molecule has 2 heterocycles. The molecule has 1 aliphatic rings. The average Bonchev–Trinajstić information content (AvgIpc) is 2.98. The molecule has 3 rings (SSSR count). The van der Waals surface area contributed by atoms with Crippen LogP contribution in [0.25, 0.3) is 6.08 Å². The lowest BCUT2D eigenvalue weighted by Crippen LogP contribution is -2.38. The number of nitrogens with one attached hydrogen (secondary N) is 1. The largest absolute Gasteiger partial charge is 0.349 e. The molecule has 0 unspecified atom stereocenters. The van der Waals surface area contributed by atoms with E-state index in [0.717, 1.165) is 9.58 Å². The van der Waals surface area contributed by atoms with Crippen LogP contribution in [0.3, 0.4) is 0 Å². The van der Waals surface area contributed by atoms with E-state index in [1.54, 1.807) is 0 Å². The number of benzene rings is 1. The van der Waals surface area contributed by atoms with Gasteiger partial charge in [0.2, 0.25) is 0 Å². The summed E-state index contributed by atoms with van der Waals surface area (Å²) >= 11 is 6.46.